The van der Waals surface area contributed by atoms with E-state index in [0.717, 1.165) is 5.69 Å². The first-order valence-electron chi connectivity index (χ1n) is 2.04. The fourth-order valence-electron chi connectivity index (χ4n) is 0.335. The van der Waals surface area contributed by atoms with Crippen LogP contribution in [-0.4, -0.2) is 15.0 Å². The standard InChI is InChI=1S/C4H3N2S2/c7-2-1-4-3-8-6-5-4/h3H,1H2. The van der Waals surface area contributed by atoms with Gasteiger partial charge < -0.3 is 0 Å². The summed E-state index contributed by atoms with van der Waals surface area (Å²) in [6.07, 6.45) is 0.631. The molecule has 0 aliphatic rings. The molecule has 1 heterocycles. The van der Waals surface area contributed by atoms with Gasteiger partial charge in [0.15, 0.2) is 0 Å². The van der Waals surface area contributed by atoms with Crippen LogP contribution in [0.4, 0.5) is 0 Å². The molecule has 0 bridgehead atoms. The van der Waals surface area contributed by atoms with Crippen molar-refractivity contribution in [2.45, 2.75) is 6.42 Å². The predicted molar refractivity (Wildman–Crippen MR) is 36.2 cm³/mol. The topological polar surface area (TPSA) is 25.8 Å². The van der Waals surface area contributed by atoms with Gasteiger partial charge in [-0.1, -0.05) is 16.7 Å². The van der Waals surface area contributed by atoms with E-state index in [4.69, 9.17) is 0 Å². The van der Waals surface area contributed by atoms with Crippen LogP contribution in [0.5, 0.6) is 0 Å². The van der Waals surface area contributed by atoms with Gasteiger partial charge in [-0.3, -0.25) is 0 Å². The Morgan fingerprint density at radius 1 is 1.88 bits per heavy atom. The van der Waals surface area contributed by atoms with Crippen molar-refractivity contribution in [1.82, 2.24) is 9.59 Å². The molecular formula is C4H3N2S2. The molecule has 0 aliphatic heterocycles. The van der Waals surface area contributed by atoms with Crippen LogP contribution in [0.3, 0.4) is 0 Å². The number of hydrogen-bond donors (Lipinski definition) is 0. The molecule has 0 amide bonds. The van der Waals surface area contributed by atoms with Crippen LogP contribution in [0, 0.1) is 0 Å². The molecule has 1 aromatic rings. The molecule has 41 valence electrons. The largest absolute Gasteiger partial charge is 0.143 e. The van der Waals surface area contributed by atoms with Gasteiger partial charge in [0.25, 0.3) is 0 Å². The summed E-state index contributed by atoms with van der Waals surface area (Å²) >= 11 is 5.82. The summed E-state index contributed by atoms with van der Waals surface area (Å²) in [7, 11) is 0. The van der Waals surface area contributed by atoms with Crippen molar-refractivity contribution in [3.05, 3.63) is 11.1 Å². The molecule has 0 aromatic carbocycles. The Bertz CT molecular complexity index is 159. The zero-order chi connectivity index (χ0) is 5.82. The lowest BCUT2D eigenvalue weighted by Crippen LogP contribution is -1.82. The van der Waals surface area contributed by atoms with Crippen LogP contribution in [0.1, 0.15) is 5.69 Å². The van der Waals surface area contributed by atoms with E-state index in [9.17, 15) is 0 Å². The summed E-state index contributed by atoms with van der Waals surface area (Å²) < 4.78 is 3.65. The van der Waals surface area contributed by atoms with Crippen LogP contribution in [0.25, 0.3) is 0 Å². The number of hydrogen-bond acceptors (Lipinski definition) is 4. The van der Waals surface area contributed by atoms with Gasteiger partial charge in [0.1, 0.15) is 0 Å². The van der Waals surface area contributed by atoms with E-state index in [0.29, 0.717) is 6.42 Å². The Hall–Kier alpha value is -0.350. The van der Waals surface area contributed by atoms with Crippen LogP contribution in [0.2, 0.25) is 0 Å². The van der Waals surface area contributed by atoms with Gasteiger partial charge in [0, 0.05) is 17.2 Å². The minimum Gasteiger partial charge on any atom is -0.143 e. The predicted octanol–water partition coefficient (Wildman–Crippen LogP) is 0.957. The van der Waals surface area contributed by atoms with Crippen molar-refractivity contribution in [2.75, 3.05) is 0 Å². The molecule has 1 aromatic heterocycles. The van der Waals surface area contributed by atoms with E-state index in [-0.39, 0.29) is 0 Å². The highest BCUT2D eigenvalue weighted by molar-refractivity contribution is 7.78. The second-order valence-electron chi connectivity index (χ2n) is 1.22. The third kappa shape index (κ3) is 1.31. The molecule has 2 nitrogen and oxygen atoms in total. The van der Waals surface area contributed by atoms with Crippen molar-refractivity contribution < 1.29 is 0 Å². The van der Waals surface area contributed by atoms with Crippen molar-refractivity contribution in [3.63, 3.8) is 0 Å². The van der Waals surface area contributed by atoms with E-state index in [1.807, 2.05) is 5.38 Å². The van der Waals surface area contributed by atoms with E-state index >= 15 is 0 Å². The number of aromatic nitrogens is 2. The van der Waals surface area contributed by atoms with Gasteiger partial charge in [0.05, 0.1) is 5.69 Å². The highest BCUT2D eigenvalue weighted by atomic mass is 32.1. The van der Waals surface area contributed by atoms with Gasteiger partial charge in [-0.2, -0.15) is 0 Å². The van der Waals surface area contributed by atoms with E-state index < -0.39 is 0 Å². The van der Waals surface area contributed by atoms with Crippen molar-refractivity contribution in [2.24, 2.45) is 0 Å². The molecule has 0 saturated carbocycles. The van der Waals surface area contributed by atoms with Gasteiger partial charge in [-0.15, -0.1) is 5.10 Å². The summed E-state index contributed by atoms with van der Waals surface area (Å²) in [5, 5.41) is 8.16. The second-order valence-corrected chi connectivity index (χ2v) is 2.12. The number of nitrogens with zero attached hydrogens (tertiary/aromatic N) is 2. The first-order chi connectivity index (χ1) is 3.93. The maximum absolute atomic E-state index is 4.49. The zero-order valence-electron chi connectivity index (χ0n) is 4.00. The SMILES string of the molecule is S=[C]Cc1csnn1. The van der Waals surface area contributed by atoms with E-state index in [1.165, 1.54) is 11.5 Å². The lowest BCUT2D eigenvalue weighted by Gasteiger charge is -1.75. The summed E-state index contributed by atoms with van der Waals surface area (Å²) in [4.78, 5) is 0. The van der Waals surface area contributed by atoms with E-state index in [1.54, 1.807) is 0 Å². The minimum absolute atomic E-state index is 0.631. The molecule has 0 unspecified atom stereocenters. The maximum Gasteiger partial charge on any atom is 0.0808 e. The Kier molecular flexibility index (Phi) is 2.05. The molecule has 0 atom stereocenters. The molecule has 0 spiro atoms. The van der Waals surface area contributed by atoms with Gasteiger partial charge in [0.2, 0.25) is 0 Å². The Morgan fingerprint density at radius 2 is 2.75 bits per heavy atom. The molecule has 0 saturated heterocycles. The normalized spacial score (nSPS) is 9.00. The first-order valence-corrected chi connectivity index (χ1v) is 3.29. The Morgan fingerprint density at radius 3 is 3.25 bits per heavy atom. The first kappa shape index (κ1) is 5.78. The summed E-state index contributed by atoms with van der Waals surface area (Å²) in [5.41, 5.74) is 0.907. The molecule has 0 aliphatic carbocycles. The minimum atomic E-state index is 0.631. The van der Waals surface area contributed by atoms with Crippen molar-refractivity contribution in [1.29, 1.82) is 0 Å². The third-order valence-corrected chi connectivity index (χ3v) is 1.36. The van der Waals surface area contributed by atoms with Crippen LogP contribution >= 0.6 is 23.8 Å². The smallest absolute Gasteiger partial charge is 0.0808 e. The van der Waals surface area contributed by atoms with Crippen LogP contribution < -0.4 is 0 Å². The summed E-state index contributed by atoms with van der Waals surface area (Å²) in [5.74, 6) is 0. The average Bonchev–Trinajstić information content (AvgIpc) is 2.19. The highest BCUT2D eigenvalue weighted by Crippen LogP contribution is 1.95. The lowest BCUT2D eigenvalue weighted by atomic mass is 10.4. The van der Waals surface area contributed by atoms with Gasteiger partial charge in [-0.05, 0) is 11.5 Å². The molecule has 8 heavy (non-hydrogen) atoms. The summed E-state index contributed by atoms with van der Waals surface area (Å²) in [6.45, 7) is 0. The molecular weight excluding hydrogens is 140 g/mol. The fraction of sp³-hybridized carbons (Fsp3) is 0.250. The molecule has 4 heteroatoms. The van der Waals surface area contributed by atoms with Crippen molar-refractivity contribution in [3.8, 4) is 0 Å². The van der Waals surface area contributed by atoms with Crippen LogP contribution in [-0.2, 0) is 6.42 Å². The Balaban J connectivity index is 2.62. The number of thiocarbonyl (C=S) groups is 1. The maximum atomic E-state index is 4.49. The molecule has 0 fully saturated rings. The summed E-state index contributed by atoms with van der Waals surface area (Å²) in [6, 6.07) is 0. The van der Waals surface area contributed by atoms with Crippen LogP contribution in [0.15, 0.2) is 5.38 Å². The van der Waals surface area contributed by atoms with Crippen molar-refractivity contribution >= 4 is 29.1 Å². The highest BCUT2D eigenvalue weighted by Gasteiger charge is 1.89. The lowest BCUT2D eigenvalue weighted by molar-refractivity contribution is 1.07. The van der Waals surface area contributed by atoms with Gasteiger partial charge >= 0.3 is 0 Å². The molecule has 1 rings (SSSR count). The zero-order valence-corrected chi connectivity index (χ0v) is 5.63. The second kappa shape index (κ2) is 2.84. The molecule has 1 radical (unpaired) electrons. The van der Waals surface area contributed by atoms with Gasteiger partial charge in [-0.25, -0.2) is 0 Å². The fourth-order valence-corrected chi connectivity index (χ4v) is 0.934. The average molecular weight is 143 g/mol. The quantitative estimate of drug-likeness (QED) is 0.577. The monoisotopic (exact) mass is 143 g/mol. The molecule has 0 N–H and O–H groups in total. The number of rotatable bonds is 2. The van der Waals surface area contributed by atoms with E-state index in [2.05, 4.69) is 27.2 Å². The third-order valence-electron chi connectivity index (χ3n) is 0.658. The Labute approximate surface area is 56.7 Å².